The van der Waals surface area contributed by atoms with E-state index >= 15 is 0 Å². The highest BCUT2D eigenvalue weighted by atomic mass is 16.5. The molecule has 0 atom stereocenters. The van der Waals surface area contributed by atoms with Gasteiger partial charge in [-0.1, -0.05) is 18.7 Å². The number of carbonyl (C=O) groups is 5. The van der Waals surface area contributed by atoms with Gasteiger partial charge in [0.1, 0.15) is 23.0 Å². The molecule has 6 rings (SSSR count). The smallest absolute Gasteiger partial charge is 0.343 e. The van der Waals surface area contributed by atoms with Gasteiger partial charge >= 0.3 is 17.9 Å². The molecular formula is C51H46N6O12. The first-order valence-corrected chi connectivity index (χ1v) is 21.3. The van der Waals surface area contributed by atoms with Gasteiger partial charge in [0, 0.05) is 28.3 Å². The molecule has 18 nitrogen and oxygen atoms in total. The molecule has 2 amide bonds. The summed E-state index contributed by atoms with van der Waals surface area (Å²) < 4.78 is 21.7. The van der Waals surface area contributed by atoms with Crippen molar-refractivity contribution >= 4 is 52.5 Å². The van der Waals surface area contributed by atoms with Crippen molar-refractivity contribution in [3.8, 4) is 34.1 Å². The van der Waals surface area contributed by atoms with E-state index in [1.807, 2.05) is 0 Å². The van der Waals surface area contributed by atoms with E-state index in [9.17, 15) is 39.3 Å². The summed E-state index contributed by atoms with van der Waals surface area (Å²) >= 11 is 0. The van der Waals surface area contributed by atoms with E-state index in [2.05, 4.69) is 27.0 Å². The Bertz CT molecular complexity index is 2920. The highest BCUT2D eigenvalue weighted by Crippen LogP contribution is 2.35. The molecule has 0 aliphatic carbocycles. The zero-order valence-corrected chi connectivity index (χ0v) is 36.9. The molecule has 0 saturated heterocycles. The second-order valence-corrected chi connectivity index (χ2v) is 15.0. The van der Waals surface area contributed by atoms with Crippen LogP contribution in [0.5, 0.6) is 23.0 Å². The number of benzene rings is 6. The Morgan fingerprint density at radius 1 is 0.536 bits per heavy atom. The van der Waals surface area contributed by atoms with E-state index < -0.39 is 42.9 Å². The molecule has 7 N–H and O–H groups in total. The molecule has 0 aromatic heterocycles. The maximum atomic E-state index is 13.0. The van der Waals surface area contributed by atoms with Gasteiger partial charge in [-0.25, -0.2) is 14.4 Å². The molecule has 69 heavy (non-hydrogen) atoms. The lowest BCUT2D eigenvalue weighted by Gasteiger charge is -2.12. The molecule has 6 aromatic rings. The monoisotopic (exact) mass is 934 g/mol. The summed E-state index contributed by atoms with van der Waals surface area (Å²) in [6.07, 6.45) is 4.46. The van der Waals surface area contributed by atoms with Crippen molar-refractivity contribution in [3.05, 3.63) is 167 Å². The van der Waals surface area contributed by atoms with E-state index in [0.29, 0.717) is 24.7 Å². The van der Waals surface area contributed by atoms with Gasteiger partial charge < -0.3 is 45.7 Å². The van der Waals surface area contributed by atoms with Crippen molar-refractivity contribution in [1.82, 2.24) is 0 Å². The summed E-state index contributed by atoms with van der Waals surface area (Å²) in [5.74, 6) is -2.69. The highest BCUT2D eigenvalue weighted by molar-refractivity contribution is 6.06. The number of aromatic hydroxyl groups is 1. The summed E-state index contributed by atoms with van der Waals surface area (Å²) in [7, 11) is 0. The van der Waals surface area contributed by atoms with Gasteiger partial charge in [-0.05, 0) is 146 Å². The first-order chi connectivity index (χ1) is 33.3. The van der Waals surface area contributed by atoms with E-state index in [1.165, 1.54) is 91.0 Å². The third-order valence-corrected chi connectivity index (χ3v) is 10.1. The average molecular weight is 935 g/mol. The number of amides is 2. The standard InChI is InChI=1S/C51H46N6O12/c1-2-47(61)67-24-6-4-3-5-23-66-40-17-9-32(10-18-40)51(65)69-46-22-14-36(26-34(46)30-59)55-57-38-12-20-42(44(28-38)49(53)63)41-19-11-37(27-43(41)48(52)62)56-54-35-13-21-45(33(25-35)29-58)68-50(64)31-7-15-39(60)16-8-31/h2,7-22,25-28,58-60H,1,3-6,23-24,29-30H2,(H2,52,62)(H2,53,63). The maximum absolute atomic E-state index is 13.0. The summed E-state index contributed by atoms with van der Waals surface area (Å²) in [5.41, 5.74) is 14.1. The van der Waals surface area contributed by atoms with Crippen LogP contribution in [0.4, 0.5) is 22.7 Å². The summed E-state index contributed by atoms with van der Waals surface area (Å²) in [6, 6.07) is 29.7. The van der Waals surface area contributed by atoms with Gasteiger partial charge in [-0.15, -0.1) is 0 Å². The molecule has 0 fully saturated rings. The summed E-state index contributed by atoms with van der Waals surface area (Å²) in [4.78, 5) is 62.1. The summed E-state index contributed by atoms with van der Waals surface area (Å²) in [6.45, 7) is 3.21. The first-order valence-electron chi connectivity index (χ1n) is 21.3. The Morgan fingerprint density at radius 2 is 0.957 bits per heavy atom. The van der Waals surface area contributed by atoms with Crippen molar-refractivity contribution in [2.75, 3.05) is 13.2 Å². The van der Waals surface area contributed by atoms with Gasteiger partial charge in [0.15, 0.2) is 0 Å². The van der Waals surface area contributed by atoms with Gasteiger partial charge in [-0.2, -0.15) is 20.5 Å². The molecule has 0 aliphatic heterocycles. The second kappa shape index (κ2) is 24.1. The minimum absolute atomic E-state index is 0.000742. The molecule has 0 aliphatic rings. The average Bonchev–Trinajstić information content (AvgIpc) is 3.36. The van der Waals surface area contributed by atoms with Gasteiger partial charge in [0.2, 0.25) is 11.8 Å². The molecule has 0 spiro atoms. The van der Waals surface area contributed by atoms with Crippen molar-refractivity contribution in [2.45, 2.75) is 38.9 Å². The number of rotatable bonds is 22. The zero-order chi connectivity index (χ0) is 49.3. The van der Waals surface area contributed by atoms with Gasteiger partial charge in [0.05, 0.1) is 60.3 Å². The lowest BCUT2D eigenvalue weighted by atomic mass is 9.94. The fourth-order valence-electron chi connectivity index (χ4n) is 6.58. The predicted octanol–water partition coefficient (Wildman–Crippen LogP) is 9.18. The minimum Gasteiger partial charge on any atom is -0.508 e. The van der Waals surface area contributed by atoms with Crippen LogP contribution < -0.4 is 25.7 Å². The largest absolute Gasteiger partial charge is 0.508 e. The minimum atomic E-state index is -0.831. The van der Waals surface area contributed by atoms with Crippen LogP contribution in [0.15, 0.2) is 154 Å². The third-order valence-electron chi connectivity index (χ3n) is 10.1. The Hall–Kier alpha value is -8.87. The van der Waals surface area contributed by atoms with Crippen molar-refractivity contribution < 1.29 is 58.2 Å². The first kappa shape index (κ1) is 49.6. The number of nitrogens with two attached hydrogens (primary N) is 2. The Morgan fingerprint density at radius 3 is 1.39 bits per heavy atom. The second-order valence-electron chi connectivity index (χ2n) is 15.0. The number of hydrogen-bond acceptors (Lipinski definition) is 16. The van der Waals surface area contributed by atoms with E-state index in [1.54, 1.807) is 30.3 Å². The van der Waals surface area contributed by atoms with Gasteiger partial charge in [0.25, 0.3) is 0 Å². The van der Waals surface area contributed by atoms with Crippen LogP contribution in [0.1, 0.15) is 78.2 Å². The normalized spacial score (nSPS) is 11.0. The number of phenols is 1. The predicted molar refractivity (Wildman–Crippen MR) is 252 cm³/mol. The highest BCUT2D eigenvalue weighted by Gasteiger charge is 2.19. The molecule has 0 heterocycles. The van der Waals surface area contributed by atoms with Crippen molar-refractivity contribution in [1.29, 1.82) is 0 Å². The molecule has 0 bridgehead atoms. The van der Waals surface area contributed by atoms with Crippen LogP contribution >= 0.6 is 0 Å². The third kappa shape index (κ3) is 13.8. The SMILES string of the molecule is C=CC(=O)OCCCCCCOc1ccc(C(=O)Oc2ccc(N=Nc3ccc(-c4ccc(N=Nc5ccc(OC(=O)c6ccc(O)cc6)c(CO)c5)cc4C(N)=O)c(C(N)=O)c3)cc2CO)cc1. The molecule has 6 aromatic carbocycles. The van der Waals surface area contributed by atoms with Gasteiger partial charge in [-0.3, -0.25) is 9.59 Å². The zero-order valence-electron chi connectivity index (χ0n) is 36.9. The number of carbonyl (C=O) groups excluding carboxylic acids is 5. The number of aliphatic hydroxyl groups excluding tert-OH is 2. The molecule has 0 saturated carbocycles. The topological polar surface area (TPSA) is 284 Å². The Balaban J connectivity index is 1.08. The van der Waals surface area contributed by atoms with E-state index in [0.717, 1.165) is 31.8 Å². The van der Waals surface area contributed by atoms with E-state index in [-0.39, 0.29) is 78.8 Å². The fraction of sp³-hybridized carbons (Fsp3) is 0.157. The van der Waals surface area contributed by atoms with E-state index in [4.69, 9.17) is 30.4 Å². The number of azo groups is 2. The number of phenolic OH excluding ortho intramolecular Hbond substituents is 1. The summed E-state index contributed by atoms with van der Waals surface area (Å²) in [5, 5.41) is 46.4. The molecule has 0 unspecified atom stereocenters. The van der Waals surface area contributed by atoms with Crippen LogP contribution in [0, 0.1) is 0 Å². The van der Waals surface area contributed by atoms with Crippen molar-refractivity contribution in [2.24, 2.45) is 31.9 Å². The molecule has 352 valence electrons. The number of esters is 3. The number of unbranched alkanes of at least 4 members (excludes halogenated alkanes) is 3. The molecule has 18 heteroatoms. The van der Waals surface area contributed by atoms with Crippen LogP contribution in [0.2, 0.25) is 0 Å². The number of aliphatic hydroxyl groups is 2. The van der Waals surface area contributed by atoms with Crippen LogP contribution in [0.3, 0.4) is 0 Å². The Labute approximate surface area is 395 Å². The number of primary amides is 2. The number of ether oxygens (including phenoxy) is 4. The van der Waals surface area contributed by atoms with Crippen LogP contribution in [-0.2, 0) is 22.7 Å². The number of hydrogen-bond donors (Lipinski definition) is 5. The molecular weight excluding hydrogens is 889 g/mol. The Kier molecular flexibility index (Phi) is 17.3. The maximum Gasteiger partial charge on any atom is 0.343 e. The van der Waals surface area contributed by atoms with Crippen LogP contribution in [0.25, 0.3) is 11.1 Å². The lowest BCUT2D eigenvalue weighted by molar-refractivity contribution is -0.137. The van der Waals surface area contributed by atoms with Crippen LogP contribution in [-0.4, -0.2) is 58.3 Å². The fourth-order valence-corrected chi connectivity index (χ4v) is 6.58. The number of nitrogens with zero attached hydrogens (tertiary/aromatic N) is 4. The quantitative estimate of drug-likeness (QED) is 0.0140. The lowest BCUT2D eigenvalue weighted by Crippen LogP contribution is -2.15. The van der Waals surface area contributed by atoms with Crippen molar-refractivity contribution in [3.63, 3.8) is 0 Å². The molecule has 0 radical (unpaired) electrons.